The summed E-state index contributed by atoms with van der Waals surface area (Å²) >= 11 is 0. The molecule has 1 saturated heterocycles. The van der Waals surface area contributed by atoms with Gasteiger partial charge in [0.25, 0.3) is 0 Å². The van der Waals surface area contributed by atoms with E-state index in [0.29, 0.717) is 18.0 Å². The molecule has 0 spiro atoms. The average molecular weight is 358 g/mol. The number of fused-ring (bicyclic) bond motifs is 1. The van der Waals surface area contributed by atoms with Crippen LogP contribution in [0.15, 0.2) is 41.8 Å². The lowest BCUT2D eigenvalue weighted by Crippen LogP contribution is -2.45. The molecule has 5 unspecified atom stereocenters. The summed E-state index contributed by atoms with van der Waals surface area (Å²) in [5, 5.41) is 0. The number of rotatable bonds is 5. The largest absolute Gasteiger partial charge is 0.396 e. The SMILES string of the molecule is C=C=C(N)CC1CC(CCC2C(C)C=CC3=CCCCC32)OC(C)(C)O1. The zero-order chi connectivity index (χ0) is 18.7. The lowest BCUT2D eigenvalue weighted by molar-refractivity contribution is -0.300. The van der Waals surface area contributed by atoms with Crippen LogP contribution in [0.3, 0.4) is 0 Å². The predicted molar refractivity (Wildman–Crippen MR) is 106 cm³/mol. The van der Waals surface area contributed by atoms with Crippen molar-refractivity contribution in [3.63, 3.8) is 0 Å². The molecular weight excluding hydrogens is 322 g/mol. The number of hydrogen-bond donors (Lipinski definition) is 1. The van der Waals surface area contributed by atoms with Crippen molar-refractivity contribution in [3.05, 3.63) is 41.8 Å². The molecular formula is C23H35NO2. The highest BCUT2D eigenvalue weighted by Crippen LogP contribution is 2.43. The van der Waals surface area contributed by atoms with Gasteiger partial charge in [0.15, 0.2) is 5.79 Å². The van der Waals surface area contributed by atoms with Crippen LogP contribution in [0.1, 0.15) is 65.7 Å². The van der Waals surface area contributed by atoms with Gasteiger partial charge in [-0.2, -0.15) is 0 Å². The zero-order valence-electron chi connectivity index (χ0n) is 16.7. The molecule has 0 saturated carbocycles. The third kappa shape index (κ3) is 4.71. The molecule has 2 aliphatic carbocycles. The molecule has 1 heterocycles. The molecule has 2 N–H and O–H groups in total. The van der Waals surface area contributed by atoms with Crippen molar-refractivity contribution in [3.8, 4) is 0 Å². The van der Waals surface area contributed by atoms with E-state index in [-0.39, 0.29) is 12.2 Å². The third-order valence-electron chi connectivity index (χ3n) is 6.24. The number of nitrogens with two attached hydrogens (primary N) is 1. The number of hydrogen-bond acceptors (Lipinski definition) is 3. The van der Waals surface area contributed by atoms with Crippen molar-refractivity contribution >= 4 is 0 Å². The van der Waals surface area contributed by atoms with Gasteiger partial charge >= 0.3 is 0 Å². The average Bonchev–Trinajstić information content (AvgIpc) is 2.59. The molecule has 1 aliphatic heterocycles. The fourth-order valence-corrected chi connectivity index (χ4v) is 5.03. The Morgan fingerprint density at radius 2 is 2.08 bits per heavy atom. The van der Waals surface area contributed by atoms with Crippen molar-refractivity contribution in [1.82, 2.24) is 0 Å². The molecule has 0 aromatic rings. The Morgan fingerprint density at radius 3 is 2.85 bits per heavy atom. The molecule has 1 fully saturated rings. The summed E-state index contributed by atoms with van der Waals surface area (Å²) < 4.78 is 12.3. The van der Waals surface area contributed by atoms with E-state index in [4.69, 9.17) is 15.2 Å². The van der Waals surface area contributed by atoms with Gasteiger partial charge in [0.2, 0.25) is 0 Å². The highest BCUT2D eigenvalue weighted by Gasteiger charge is 2.37. The van der Waals surface area contributed by atoms with Gasteiger partial charge in [-0.3, -0.25) is 0 Å². The minimum atomic E-state index is -0.553. The molecule has 5 atom stereocenters. The van der Waals surface area contributed by atoms with E-state index >= 15 is 0 Å². The maximum atomic E-state index is 6.24. The molecule has 3 nitrogen and oxygen atoms in total. The topological polar surface area (TPSA) is 44.5 Å². The standard InChI is InChI=1S/C23H35NO2/c1-5-18(24)14-20-15-19(25-23(3,4)26-20)12-13-21-16(2)10-11-17-8-6-7-9-22(17)21/h8,10-11,16,19-22H,1,6-7,9,12-15,24H2,2-4H3. The van der Waals surface area contributed by atoms with Crippen LogP contribution in [0.5, 0.6) is 0 Å². The summed E-state index contributed by atoms with van der Waals surface area (Å²) in [6.07, 6.45) is 15.4. The van der Waals surface area contributed by atoms with E-state index in [0.717, 1.165) is 24.7 Å². The summed E-state index contributed by atoms with van der Waals surface area (Å²) in [5.41, 5.74) is 11.0. The molecule has 3 aliphatic rings. The maximum absolute atomic E-state index is 6.24. The Hall–Kier alpha value is -1.28. The predicted octanol–water partition coefficient (Wildman–Crippen LogP) is 5.24. The van der Waals surface area contributed by atoms with Crippen LogP contribution in [0, 0.1) is 17.8 Å². The Balaban J connectivity index is 1.62. The zero-order valence-corrected chi connectivity index (χ0v) is 16.7. The smallest absolute Gasteiger partial charge is 0.163 e. The molecule has 3 heteroatoms. The van der Waals surface area contributed by atoms with E-state index in [1.165, 1.54) is 25.7 Å². The summed E-state index contributed by atoms with van der Waals surface area (Å²) in [6, 6.07) is 0. The van der Waals surface area contributed by atoms with Crippen molar-refractivity contribution in [2.45, 2.75) is 83.7 Å². The monoisotopic (exact) mass is 357 g/mol. The second-order valence-corrected chi connectivity index (χ2v) is 8.72. The third-order valence-corrected chi connectivity index (χ3v) is 6.24. The number of allylic oxidation sites excluding steroid dienone is 4. The van der Waals surface area contributed by atoms with E-state index in [1.807, 2.05) is 13.8 Å². The first-order valence-electron chi connectivity index (χ1n) is 10.3. The summed E-state index contributed by atoms with van der Waals surface area (Å²) in [7, 11) is 0. The highest BCUT2D eigenvalue weighted by atomic mass is 16.7. The summed E-state index contributed by atoms with van der Waals surface area (Å²) in [4.78, 5) is 0. The second-order valence-electron chi connectivity index (χ2n) is 8.72. The van der Waals surface area contributed by atoms with Gasteiger partial charge in [-0.15, -0.1) is 5.73 Å². The summed E-state index contributed by atoms with van der Waals surface area (Å²) in [5.74, 6) is 1.57. The fraction of sp³-hybridized carbons (Fsp3) is 0.696. The minimum absolute atomic E-state index is 0.0896. The van der Waals surface area contributed by atoms with Gasteiger partial charge < -0.3 is 15.2 Å². The van der Waals surface area contributed by atoms with Gasteiger partial charge in [0.1, 0.15) is 0 Å². The van der Waals surface area contributed by atoms with Gasteiger partial charge in [0.05, 0.1) is 17.9 Å². The Morgan fingerprint density at radius 1 is 1.31 bits per heavy atom. The Kier molecular flexibility index (Phi) is 6.12. The van der Waals surface area contributed by atoms with Gasteiger partial charge in [-0.25, -0.2) is 0 Å². The van der Waals surface area contributed by atoms with Crippen molar-refractivity contribution in [2.24, 2.45) is 23.5 Å². The maximum Gasteiger partial charge on any atom is 0.163 e. The molecule has 0 amide bonds. The molecule has 0 aromatic carbocycles. The van der Waals surface area contributed by atoms with E-state index in [9.17, 15) is 0 Å². The molecule has 0 radical (unpaired) electrons. The molecule has 3 rings (SSSR count). The highest BCUT2D eigenvalue weighted by molar-refractivity contribution is 5.28. The van der Waals surface area contributed by atoms with Crippen LogP contribution >= 0.6 is 0 Å². The molecule has 0 bridgehead atoms. The first-order chi connectivity index (χ1) is 12.4. The van der Waals surface area contributed by atoms with Crippen LogP contribution in [0.25, 0.3) is 0 Å². The fourth-order valence-electron chi connectivity index (χ4n) is 5.03. The van der Waals surface area contributed by atoms with Crippen LogP contribution in [0.4, 0.5) is 0 Å². The lowest BCUT2D eigenvalue weighted by atomic mass is 9.68. The van der Waals surface area contributed by atoms with Crippen molar-refractivity contribution < 1.29 is 9.47 Å². The van der Waals surface area contributed by atoms with Crippen LogP contribution in [-0.4, -0.2) is 18.0 Å². The van der Waals surface area contributed by atoms with E-state index < -0.39 is 5.79 Å². The van der Waals surface area contributed by atoms with Gasteiger partial charge in [0, 0.05) is 12.8 Å². The van der Waals surface area contributed by atoms with Gasteiger partial charge in [-0.1, -0.05) is 31.7 Å². The molecule has 144 valence electrons. The van der Waals surface area contributed by atoms with Crippen LogP contribution < -0.4 is 5.73 Å². The normalized spacial score (nSPS) is 36.0. The minimum Gasteiger partial charge on any atom is -0.396 e. The quantitative estimate of drug-likeness (QED) is 0.684. The van der Waals surface area contributed by atoms with E-state index in [1.54, 1.807) is 5.57 Å². The Bertz CT molecular complexity index is 612. The van der Waals surface area contributed by atoms with Crippen LogP contribution in [0.2, 0.25) is 0 Å². The summed E-state index contributed by atoms with van der Waals surface area (Å²) in [6.45, 7) is 10.0. The second kappa shape index (κ2) is 8.17. The lowest BCUT2D eigenvalue weighted by Gasteiger charge is -2.42. The van der Waals surface area contributed by atoms with Crippen LogP contribution in [-0.2, 0) is 9.47 Å². The van der Waals surface area contributed by atoms with Crippen molar-refractivity contribution in [1.29, 1.82) is 0 Å². The first kappa shape index (κ1) is 19.5. The first-order valence-corrected chi connectivity index (χ1v) is 10.3. The van der Waals surface area contributed by atoms with Crippen molar-refractivity contribution in [2.75, 3.05) is 0 Å². The Labute approximate surface area is 159 Å². The van der Waals surface area contributed by atoms with E-state index in [2.05, 4.69) is 37.5 Å². The number of ether oxygens (including phenoxy) is 2. The molecule has 0 aromatic heterocycles. The van der Waals surface area contributed by atoms with Gasteiger partial charge in [-0.05, 0) is 69.3 Å². The molecule has 26 heavy (non-hydrogen) atoms.